The first-order chi connectivity index (χ1) is 12.7. The summed E-state index contributed by atoms with van der Waals surface area (Å²) in [4.78, 5) is 32.0. The molecule has 9 heteroatoms. The molecular formula is C18H20N6O3. The summed E-state index contributed by atoms with van der Waals surface area (Å²) in [5.41, 5.74) is 1.23. The average molecular weight is 368 g/mol. The summed E-state index contributed by atoms with van der Waals surface area (Å²) in [6.45, 7) is 6.67. The van der Waals surface area contributed by atoms with Crippen molar-refractivity contribution in [2.75, 3.05) is 0 Å². The Hall–Kier alpha value is -3.41. The fourth-order valence-electron chi connectivity index (χ4n) is 2.36. The Bertz CT molecular complexity index is 1060. The van der Waals surface area contributed by atoms with Crippen molar-refractivity contribution in [1.82, 2.24) is 24.9 Å². The van der Waals surface area contributed by atoms with Crippen molar-refractivity contribution in [1.29, 1.82) is 0 Å². The molecule has 0 aliphatic heterocycles. The molecule has 0 fully saturated rings. The standard InChI is InChI=1S/C18H20N6O3/c1-12(25)14(21-17(26)27-18(2,3)4)7-5-6-13-10-23-16-15(19-8-9-20-16)22-24(23)11-13/h8-11,14H,7H2,1-4H3,(H,21,26). The Morgan fingerprint density at radius 3 is 2.81 bits per heavy atom. The topological polar surface area (TPSA) is 104 Å². The van der Waals surface area contributed by atoms with Gasteiger partial charge < -0.3 is 15.0 Å². The largest absolute Gasteiger partial charge is 0.444 e. The Morgan fingerprint density at radius 2 is 2.11 bits per heavy atom. The highest BCUT2D eigenvalue weighted by molar-refractivity contribution is 5.85. The molecule has 0 saturated carbocycles. The Kier molecular flexibility index (Phi) is 4.81. The second-order valence-corrected chi connectivity index (χ2v) is 7.00. The van der Waals surface area contributed by atoms with E-state index < -0.39 is 17.7 Å². The maximum absolute atomic E-state index is 11.9. The van der Waals surface area contributed by atoms with Crippen molar-refractivity contribution in [3.63, 3.8) is 0 Å². The number of Topliss-reactive ketones (excluding diaryl/α,β-unsaturated/α-hetero) is 1. The SMILES string of the molecule is CC(=O)C(CC#Cc1cn2c3nccnc3[n-][n+]2c1)NC(=O)OC(C)(C)C. The highest BCUT2D eigenvalue weighted by atomic mass is 16.6. The van der Waals surface area contributed by atoms with Crippen LogP contribution in [-0.2, 0) is 9.53 Å². The maximum atomic E-state index is 11.9. The molecule has 0 spiro atoms. The molecule has 1 atom stereocenters. The minimum Gasteiger partial charge on any atom is -0.444 e. The number of alkyl carbamates (subject to hydrolysis) is 1. The van der Waals surface area contributed by atoms with Crippen LogP contribution in [0.25, 0.3) is 11.3 Å². The van der Waals surface area contributed by atoms with Crippen molar-refractivity contribution < 1.29 is 19.0 Å². The number of hydrogen-bond acceptors (Lipinski definition) is 5. The monoisotopic (exact) mass is 368 g/mol. The molecule has 0 saturated heterocycles. The lowest BCUT2D eigenvalue weighted by molar-refractivity contribution is -0.674. The molecule has 3 heterocycles. The van der Waals surface area contributed by atoms with Gasteiger partial charge in [-0.2, -0.15) is 4.52 Å². The van der Waals surface area contributed by atoms with Gasteiger partial charge in [0.15, 0.2) is 11.4 Å². The van der Waals surface area contributed by atoms with E-state index in [1.165, 1.54) is 6.92 Å². The normalized spacial score (nSPS) is 12.4. The number of nitrogens with zero attached hydrogens (tertiary/aromatic N) is 5. The van der Waals surface area contributed by atoms with Gasteiger partial charge in [0, 0.05) is 18.8 Å². The summed E-state index contributed by atoms with van der Waals surface area (Å²) < 4.78 is 8.50. The Labute approximate surface area is 155 Å². The van der Waals surface area contributed by atoms with E-state index in [-0.39, 0.29) is 12.2 Å². The molecule has 1 unspecified atom stereocenters. The molecular weight excluding hydrogens is 348 g/mol. The predicted molar refractivity (Wildman–Crippen MR) is 94.8 cm³/mol. The Balaban J connectivity index is 1.71. The van der Waals surface area contributed by atoms with Crippen molar-refractivity contribution >= 4 is 23.2 Å². The van der Waals surface area contributed by atoms with E-state index in [9.17, 15) is 9.59 Å². The number of carbonyl (C=O) groups is 2. The van der Waals surface area contributed by atoms with Gasteiger partial charge in [0.2, 0.25) is 6.20 Å². The zero-order valence-corrected chi connectivity index (χ0v) is 15.6. The Morgan fingerprint density at radius 1 is 1.37 bits per heavy atom. The first kappa shape index (κ1) is 18.4. The van der Waals surface area contributed by atoms with Crippen LogP contribution in [0.1, 0.15) is 39.7 Å². The quantitative estimate of drug-likeness (QED) is 0.538. The van der Waals surface area contributed by atoms with Gasteiger partial charge >= 0.3 is 6.09 Å². The third-order valence-electron chi connectivity index (χ3n) is 3.53. The second-order valence-electron chi connectivity index (χ2n) is 7.00. The second kappa shape index (κ2) is 7.07. The fourth-order valence-corrected chi connectivity index (χ4v) is 2.36. The molecule has 3 aromatic rings. The first-order valence-electron chi connectivity index (χ1n) is 8.39. The van der Waals surface area contributed by atoms with Crippen LogP contribution in [-0.4, -0.2) is 38.0 Å². The van der Waals surface area contributed by atoms with E-state index in [4.69, 9.17) is 4.74 Å². The van der Waals surface area contributed by atoms with Crippen LogP contribution in [0.4, 0.5) is 4.79 Å². The minimum absolute atomic E-state index is 0.174. The average Bonchev–Trinajstić information content (AvgIpc) is 3.09. The molecule has 3 aromatic heterocycles. The van der Waals surface area contributed by atoms with E-state index in [1.54, 1.807) is 54.7 Å². The lowest BCUT2D eigenvalue weighted by atomic mass is 10.1. The lowest BCUT2D eigenvalue weighted by Crippen LogP contribution is -2.42. The summed E-state index contributed by atoms with van der Waals surface area (Å²) in [6.07, 6.45) is 6.22. The third-order valence-corrected chi connectivity index (χ3v) is 3.53. The van der Waals surface area contributed by atoms with Gasteiger partial charge in [-0.3, -0.25) is 4.79 Å². The van der Waals surface area contributed by atoms with Crippen LogP contribution in [0.2, 0.25) is 0 Å². The van der Waals surface area contributed by atoms with E-state index in [0.29, 0.717) is 16.9 Å². The molecule has 0 bridgehead atoms. The maximum Gasteiger partial charge on any atom is 0.408 e. The number of rotatable bonds is 3. The van der Waals surface area contributed by atoms with Crippen LogP contribution in [0, 0.1) is 11.8 Å². The van der Waals surface area contributed by atoms with Gasteiger partial charge in [-0.15, -0.1) is 5.10 Å². The van der Waals surface area contributed by atoms with Crippen molar-refractivity contribution in [3.05, 3.63) is 30.4 Å². The molecule has 1 amide bonds. The van der Waals surface area contributed by atoms with E-state index >= 15 is 0 Å². The van der Waals surface area contributed by atoms with Gasteiger partial charge in [0.05, 0.1) is 5.56 Å². The third kappa shape index (κ3) is 4.41. The molecule has 0 radical (unpaired) electrons. The van der Waals surface area contributed by atoms with Gasteiger partial charge in [0.25, 0.3) is 0 Å². The van der Waals surface area contributed by atoms with Crippen LogP contribution >= 0.6 is 0 Å². The van der Waals surface area contributed by atoms with Crippen molar-refractivity contribution in [2.45, 2.75) is 45.8 Å². The van der Waals surface area contributed by atoms with Crippen LogP contribution in [0.5, 0.6) is 0 Å². The summed E-state index contributed by atoms with van der Waals surface area (Å²) >= 11 is 0. The van der Waals surface area contributed by atoms with Gasteiger partial charge in [0.1, 0.15) is 17.3 Å². The predicted octanol–water partition coefficient (Wildman–Crippen LogP) is 0.649. The van der Waals surface area contributed by atoms with Crippen molar-refractivity contribution in [3.8, 4) is 11.8 Å². The number of carbonyl (C=O) groups excluding carboxylic acids is 2. The summed E-state index contributed by atoms with van der Waals surface area (Å²) in [6, 6.07) is -0.731. The molecule has 0 aliphatic carbocycles. The summed E-state index contributed by atoms with van der Waals surface area (Å²) in [5, 5.41) is 6.84. The number of ketones is 1. The van der Waals surface area contributed by atoms with E-state index in [1.807, 2.05) is 0 Å². The van der Waals surface area contributed by atoms with Crippen molar-refractivity contribution in [2.24, 2.45) is 0 Å². The number of hydrogen-bond donors (Lipinski definition) is 1. The molecule has 140 valence electrons. The fraction of sp³-hybridized carbons (Fsp3) is 0.389. The molecule has 3 rings (SSSR count). The zero-order chi connectivity index (χ0) is 19.6. The number of amides is 1. The van der Waals surface area contributed by atoms with Crippen LogP contribution in [0.3, 0.4) is 0 Å². The summed E-state index contributed by atoms with van der Waals surface area (Å²) in [7, 11) is 0. The minimum atomic E-state index is -0.731. The highest BCUT2D eigenvalue weighted by Crippen LogP contribution is 2.07. The lowest BCUT2D eigenvalue weighted by Gasteiger charge is -2.21. The first-order valence-corrected chi connectivity index (χ1v) is 8.39. The molecule has 27 heavy (non-hydrogen) atoms. The number of ether oxygens (including phenoxy) is 1. The number of aromatic nitrogens is 5. The summed E-state index contributed by atoms with van der Waals surface area (Å²) in [5.74, 6) is 5.69. The zero-order valence-electron chi connectivity index (χ0n) is 15.6. The van der Waals surface area contributed by atoms with E-state index in [2.05, 4.69) is 32.2 Å². The molecule has 9 nitrogen and oxygen atoms in total. The van der Waals surface area contributed by atoms with E-state index in [0.717, 1.165) is 0 Å². The van der Waals surface area contributed by atoms with Crippen LogP contribution < -0.4 is 15.0 Å². The molecule has 1 N–H and O–H groups in total. The smallest absolute Gasteiger partial charge is 0.408 e. The number of nitrogens with one attached hydrogen (secondary N) is 1. The van der Waals surface area contributed by atoms with Gasteiger partial charge in [-0.1, -0.05) is 16.5 Å². The van der Waals surface area contributed by atoms with Gasteiger partial charge in [-0.05, 0) is 33.9 Å². The molecule has 0 aromatic carbocycles. The molecule has 0 aliphatic rings. The highest BCUT2D eigenvalue weighted by Gasteiger charge is 2.21. The van der Waals surface area contributed by atoms with Crippen LogP contribution in [0.15, 0.2) is 24.8 Å². The number of fused-ring (bicyclic) bond motifs is 3. The van der Waals surface area contributed by atoms with Gasteiger partial charge in [-0.25, -0.2) is 9.78 Å².